The molecule has 1 N–H and O–H groups in total. The van der Waals surface area contributed by atoms with Gasteiger partial charge in [-0.25, -0.2) is 0 Å². The molecule has 9 nitrogen and oxygen atoms in total. The van der Waals surface area contributed by atoms with Crippen LogP contribution in [-0.2, 0) is 38.8 Å². The zero-order chi connectivity index (χ0) is 26.3. The van der Waals surface area contributed by atoms with E-state index in [1.165, 1.54) is 11.0 Å². The first-order chi connectivity index (χ1) is 17.7. The van der Waals surface area contributed by atoms with Crippen molar-refractivity contribution in [1.29, 1.82) is 0 Å². The maximum Gasteiger partial charge on any atom is 0.255 e. The largest absolute Gasteiger partial charge is 0.489 e. The van der Waals surface area contributed by atoms with Gasteiger partial charge < -0.3 is 19.3 Å². The van der Waals surface area contributed by atoms with Crippen LogP contribution in [0.2, 0.25) is 0 Å². The maximum atomic E-state index is 13.0. The highest BCUT2D eigenvalue weighted by molar-refractivity contribution is 6.05. The molecule has 3 aliphatic heterocycles. The Morgan fingerprint density at radius 3 is 2.79 bits per heavy atom. The van der Waals surface area contributed by atoms with Crippen LogP contribution < -0.4 is 10.1 Å². The number of benzene rings is 2. The highest BCUT2D eigenvalue weighted by Crippen LogP contribution is 2.34. The molecule has 5 rings (SSSR count). The molecule has 3 heterocycles. The first kappa shape index (κ1) is 18.7. The second-order valence-corrected chi connectivity index (χ2v) is 8.38. The Kier molecular flexibility index (Phi) is 5.09. The quantitative estimate of drug-likeness (QED) is 0.645. The molecular weight excluding hydrogens is 438 g/mol. The average Bonchev–Trinajstić information content (AvgIpc) is 3.20. The summed E-state index contributed by atoms with van der Waals surface area (Å²) in [5.74, 6) is -1.00. The second kappa shape index (κ2) is 9.26. The first-order valence-corrected chi connectivity index (χ1v) is 11.1. The Bertz CT molecular complexity index is 1320. The van der Waals surface area contributed by atoms with E-state index in [1.807, 2.05) is 0 Å². The fraction of sp³-hybridized carbons (Fsp3) is 0.360. The van der Waals surface area contributed by atoms with Crippen LogP contribution in [0.4, 0.5) is 0 Å². The summed E-state index contributed by atoms with van der Waals surface area (Å²) in [6, 6.07) is 5.49. The fourth-order valence-corrected chi connectivity index (χ4v) is 4.33. The Labute approximate surface area is 200 Å². The lowest BCUT2D eigenvalue weighted by Crippen LogP contribution is -2.52. The van der Waals surface area contributed by atoms with E-state index in [0.717, 1.165) is 0 Å². The summed E-state index contributed by atoms with van der Waals surface area (Å²) in [4.78, 5) is 51.8. The van der Waals surface area contributed by atoms with Crippen molar-refractivity contribution in [3.05, 3.63) is 64.6 Å². The van der Waals surface area contributed by atoms with Gasteiger partial charge in [-0.2, -0.15) is 0 Å². The van der Waals surface area contributed by atoms with E-state index >= 15 is 0 Å². The van der Waals surface area contributed by atoms with Crippen molar-refractivity contribution in [3.63, 3.8) is 0 Å². The second-order valence-electron chi connectivity index (χ2n) is 8.38. The summed E-state index contributed by atoms with van der Waals surface area (Å²) >= 11 is 0. The number of imide groups is 1. The molecule has 3 aliphatic rings. The van der Waals surface area contributed by atoms with E-state index in [-0.39, 0.29) is 80.6 Å². The summed E-state index contributed by atoms with van der Waals surface area (Å²) in [5, 5.41) is 2.27. The number of nitrogens with zero attached hydrogens (tertiary/aromatic N) is 2. The van der Waals surface area contributed by atoms with Crippen LogP contribution in [0.1, 0.15) is 44.0 Å². The molecule has 34 heavy (non-hydrogen) atoms. The van der Waals surface area contributed by atoms with Gasteiger partial charge in [0.05, 0.1) is 17.3 Å². The normalized spacial score (nSPS) is 21.6. The van der Waals surface area contributed by atoms with Crippen LogP contribution in [0.5, 0.6) is 5.75 Å². The molecule has 4 amide bonds. The molecule has 0 saturated carbocycles. The highest BCUT2D eigenvalue weighted by atomic mass is 16.5. The minimum Gasteiger partial charge on any atom is -0.489 e. The molecule has 0 spiro atoms. The minimum atomic E-state index is -0.748. The van der Waals surface area contributed by atoms with Gasteiger partial charge in [0.25, 0.3) is 5.91 Å². The maximum absolute atomic E-state index is 13.0. The summed E-state index contributed by atoms with van der Waals surface area (Å²) in [5.41, 5.74) is 1.60. The first-order valence-electron chi connectivity index (χ1n) is 12.6. The van der Waals surface area contributed by atoms with Crippen molar-refractivity contribution < 1.29 is 32.8 Å². The van der Waals surface area contributed by atoms with Crippen molar-refractivity contribution in [2.75, 3.05) is 19.8 Å². The number of rotatable bonds is 6. The molecule has 176 valence electrons. The summed E-state index contributed by atoms with van der Waals surface area (Å²) in [6.07, 6.45) is 0.406. The predicted molar refractivity (Wildman–Crippen MR) is 119 cm³/mol. The molecule has 2 aromatic carbocycles. The predicted octanol–water partition coefficient (Wildman–Crippen LogP) is 1.39. The van der Waals surface area contributed by atoms with Gasteiger partial charge in [0.1, 0.15) is 25.0 Å². The van der Waals surface area contributed by atoms with Gasteiger partial charge in [-0.05, 0) is 29.7 Å². The van der Waals surface area contributed by atoms with Crippen LogP contribution in [0, 0.1) is 0 Å². The van der Waals surface area contributed by atoms with Crippen molar-refractivity contribution in [3.8, 4) is 5.75 Å². The Morgan fingerprint density at radius 2 is 1.97 bits per heavy atom. The SMILES string of the molecule is [2H]c1cc(CN2CCOCC2=O)c([2H])c([2H])c1COc1cccc2c1CN(C1CCC(=O)NC1=O)C2=O. The van der Waals surface area contributed by atoms with Crippen LogP contribution in [0.3, 0.4) is 0 Å². The molecule has 2 aromatic rings. The zero-order valence-corrected chi connectivity index (χ0v) is 18.4. The monoisotopic (exact) mass is 466 g/mol. The molecular formula is C25H25N3O6. The van der Waals surface area contributed by atoms with Crippen molar-refractivity contribution in [2.24, 2.45) is 0 Å². The number of hydrogen-bond acceptors (Lipinski definition) is 6. The van der Waals surface area contributed by atoms with Crippen LogP contribution in [-0.4, -0.2) is 59.2 Å². The third-order valence-electron chi connectivity index (χ3n) is 6.15. The number of hydrogen-bond donors (Lipinski definition) is 1. The van der Waals surface area contributed by atoms with E-state index in [0.29, 0.717) is 35.6 Å². The number of amides is 4. The molecule has 9 heteroatoms. The zero-order valence-electron chi connectivity index (χ0n) is 21.4. The van der Waals surface area contributed by atoms with Gasteiger partial charge in [0, 0.05) is 30.6 Å². The number of morpholine rings is 1. The van der Waals surface area contributed by atoms with Gasteiger partial charge in [-0.1, -0.05) is 30.3 Å². The number of fused-ring (bicyclic) bond motifs is 1. The van der Waals surface area contributed by atoms with E-state index in [4.69, 9.17) is 13.6 Å². The lowest BCUT2D eigenvalue weighted by molar-refractivity contribution is -0.143. The molecule has 0 aromatic heterocycles. The third-order valence-corrected chi connectivity index (χ3v) is 6.15. The molecule has 0 aliphatic carbocycles. The standard InChI is InChI=1S/C25H25N3O6/c29-22-9-8-20(24(31)26-22)28-13-19-18(25(28)32)2-1-3-21(19)34-14-17-6-4-16(5-7-17)12-27-10-11-33-15-23(27)30/h1-7,20H,8-15H2,(H,26,29,31)/i4D,6D,7D. The lowest BCUT2D eigenvalue weighted by atomic mass is 10.0. The molecule has 2 saturated heterocycles. The van der Waals surface area contributed by atoms with E-state index in [9.17, 15) is 19.2 Å². The van der Waals surface area contributed by atoms with Crippen molar-refractivity contribution in [1.82, 2.24) is 15.1 Å². The van der Waals surface area contributed by atoms with E-state index < -0.39 is 11.9 Å². The topological polar surface area (TPSA) is 105 Å². The van der Waals surface area contributed by atoms with Crippen LogP contribution in [0.25, 0.3) is 0 Å². The van der Waals surface area contributed by atoms with Crippen molar-refractivity contribution >= 4 is 23.6 Å². The van der Waals surface area contributed by atoms with Gasteiger partial charge in [0.2, 0.25) is 17.7 Å². The minimum absolute atomic E-state index is 0.0190. The number of piperidine rings is 1. The highest BCUT2D eigenvalue weighted by Gasteiger charge is 2.40. The van der Waals surface area contributed by atoms with Gasteiger partial charge >= 0.3 is 0 Å². The third kappa shape index (κ3) is 4.38. The van der Waals surface area contributed by atoms with E-state index in [2.05, 4.69) is 5.32 Å². The molecule has 1 unspecified atom stereocenters. The summed E-state index contributed by atoms with van der Waals surface area (Å²) in [7, 11) is 0. The molecule has 2 fully saturated rings. The van der Waals surface area contributed by atoms with Crippen LogP contribution >= 0.6 is 0 Å². The number of ether oxygens (including phenoxy) is 2. The number of nitrogens with one attached hydrogen (secondary N) is 1. The van der Waals surface area contributed by atoms with Crippen molar-refractivity contribution in [2.45, 2.75) is 38.6 Å². The Balaban J connectivity index is 1.33. The number of carbonyl (C=O) groups is 4. The van der Waals surface area contributed by atoms with E-state index in [1.54, 1.807) is 23.1 Å². The summed E-state index contributed by atoms with van der Waals surface area (Å²) < 4.78 is 36.4. The molecule has 0 radical (unpaired) electrons. The van der Waals surface area contributed by atoms with Gasteiger partial charge in [-0.3, -0.25) is 24.5 Å². The van der Waals surface area contributed by atoms with Gasteiger partial charge in [0.15, 0.2) is 0 Å². The Hall–Kier alpha value is -3.72. The Morgan fingerprint density at radius 1 is 1.12 bits per heavy atom. The molecule has 1 atom stereocenters. The molecule has 0 bridgehead atoms. The van der Waals surface area contributed by atoms with Crippen LogP contribution in [0.15, 0.2) is 42.4 Å². The smallest absolute Gasteiger partial charge is 0.255 e. The lowest BCUT2D eigenvalue weighted by Gasteiger charge is -2.29. The van der Waals surface area contributed by atoms with Gasteiger partial charge in [-0.15, -0.1) is 0 Å². The summed E-state index contributed by atoms with van der Waals surface area (Å²) in [6.45, 7) is 0.864. The fourth-order valence-electron chi connectivity index (χ4n) is 4.33. The number of carbonyl (C=O) groups excluding carboxylic acids is 4. The average molecular weight is 467 g/mol.